The monoisotopic (exact) mass is 282 g/mol. The van der Waals surface area contributed by atoms with Gasteiger partial charge < -0.3 is 10.2 Å². The van der Waals surface area contributed by atoms with Crippen molar-refractivity contribution < 1.29 is 4.79 Å². The third kappa shape index (κ3) is 1.52. The van der Waals surface area contributed by atoms with Crippen molar-refractivity contribution in [1.29, 1.82) is 0 Å². The lowest BCUT2D eigenvalue weighted by Gasteiger charge is -2.43. The summed E-state index contributed by atoms with van der Waals surface area (Å²) in [7, 11) is 0. The number of anilines is 2. The van der Waals surface area contributed by atoms with Crippen LogP contribution in [0.4, 0.5) is 11.4 Å². The van der Waals surface area contributed by atoms with Gasteiger partial charge >= 0.3 is 0 Å². The summed E-state index contributed by atoms with van der Waals surface area (Å²) in [5.74, 6) is 0.0359. The zero-order chi connectivity index (χ0) is 11.9. The standard InChI is InChI=1S/C12H15BrN2O/c1-4-15-9-7-5-6-8(13)10(9)14-11(16)12(15,2)3/h5-7H,4H2,1-3H3,(H,14,16). The Morgan fingerprint density at radius 1 is 1.44 bits per heavy atom. The van der Waals surface area contributed by atoms with Gasteiger partial charge in [-0.25, -0.2) is 0 Å². The molecule has 1 aromatic carbocycles. The molecule has 3 nitrogen and oxygen atoms in total. The van der Waals surface area contributed by atoms with E-state index in [-0.39, 0.29) is 5.91 Å². The van der Waals surface area contributed by atoms with E-state index < -0.39 is 5.54 Å². The highest BCUT2D eigenvalue weighted by Crippen LogP contribution is 2.40. The van der Waals surface area contributed by atoms with Gasteiger partial charge in [0, 0.05) is 11.0 Å². The van der Waals surface area contributed by atoms with E-state index in [4.69, 9.17) is 0 Å². The van der Waals surface area contributed by atoms with Crippen molar-refractivity contribution in [2.24, 2.45) is 0 Å². The van der Waals surface area contributed by atoms with Crippen LogP contribution in [0, 0.1) is 0 Å². The van der Waals surface area contributed by atoms with Crippen LogP contribution in [0.1, 0.15) is 20.8 Å². The number of fused-ring (bicyclic) bond motifs is 1. The first-order valence-corrected chi connectivity index (χ1v) is 6.15. The van der Waals surface area contributed by atoms with Crippen LogP contribution in [-0.2, 0) is 4.79 Å². The number of amides is 1. The summed E-state index contributed by atoms with van der Waals surface area (Å²) in [4.78, 5) is 14.1. The number of carbonyl (C=O) groups excluding carboxylic acids is 1. The molecule has 1 aromatic rings. The molecule has 1 heterocycles. The number of carbonyl (C=O) groups is 1. The van der Waals surface area contributed by atoms with Crippen LogP contribution in [0.3, 0.4) is 0 Å². The average molecular weight is 283 g/mol. The summed E-state index contributed by atoms with van der Waals surface area (Å²) in [5, 5.41) is 2.96. The molecule has 0 fully saturated rings. The summed E-state index contributed by atoms with van der Waals surface area (Å²) in [6.07, 6.45) is 0. The van der Waals surface area contributed by atoms with Crippen molar-refractivity contribution in [2.75, 3.05) is 16.8 Å². The Labute approximate surface area is 104 Å². The van der Waals surface area contributed by atoms with Gasteiger partial charge in [-0.2, -0.15) is 0 Å². The number of hydrogen-bond acceptors (Lipinski definition) is 2. The number of likely N-dealkylation sites (N-methyl/N-ethyl adjacent to an activating group) is 1. The molecule has 0 aromatic heterocycles. The fourth-order valence-corrected chi connectivity index (χ4v) is 2.57. The molecule has 4 heteroatoms. The zero-order valence-electron chi connectivity index (χ0n) is 9.67. The molecule has 0 unspecified atom stereocenters. The number of halogens is 1. The van der Waals surface area contributed by atoms with Crippen molar-refractivity contribution in [2.45, 2.75) is 26.3 Å². The second kappa shape index (κ2) is 3.77. The quantitative estimate of drug-likeness (QED) is 0.859. The molecular formula is C12H15BrN2O. The Balaban J connectivity index is 2.61. The van der Waals surface area contributed by atoms with Crippen LogP contribution in [0.5, 0.6) is 0 Å². The smallest absolute Gasteiger partial charge is 0.249 e. The molecule has 1 aliphatic rings. The van der Waals surface area contributed by atoms with Gasteiger partial charge in [-0.05, 0) is 48.8 Å². The minimum absolute atomic E-state index is 0.0359. The summed E-state index contributed by atoms with van der Waals surface area (Å²) < 4.78 is 0.923. The van der Waals surface area contributed by atoms with Crippen molar-refractivity contribution in [1.82, 2.24) is 0 Å². The van der Waals surface area contributed by atoms with Crippen LogP contribution in [-0.4, -0.2) is 18.0 Å². The number of rotatable bonds is 1. The topological polar surface area (TPSA) is 32.3 Å². The molecule has 16 heavy (non-hydrogen) atoms. The first-order valence-electron chi connectivity index (χ1n) is 5.36. The molecule has 0 atom stereocenters. The zero-order valence-corrected chi connectivity index (χ0v) is 11.3. The van der Waals surface area contributed by atoms with E-state index in [2.05, 4.69) is 33.1 Å². The van der Waals surface area contributed by atoms with E-state index in [9.17, 15) is 4.79 Å². The van der Waals surface area contributed by atoms with Gasteiger partial charge in [0.1, 0.15) is 5.54 Å². The lowest BCUT2D eigenvalue weighted by molar-refractivity contribution is -0.120. The fraction of sp³-hybridized carbons (Fsp3) is 0.417. The molecule has 1 amide bonds. The molecule has 86 valence electrons. The maximum atomic E-state index is 12.0. The molecule has 0 spiro atoms. The normalized spacial score (nSPS) is 18.0. The lowest BCUT2D eigenvalue weighted by atomic mass is 9.96. The van der Waals surface area contributed by atoms with E-state index in [1.165, 1.54) is 0 Å². The van der Waals surface area contributed by atoms with Crippen molar-refractivity contribution in [3.8, 4) is 0 Å². The average Bonchev–Trinajstić information content (AvgIpc) is 2.21. The van der Waals surface area contributed by atoms with Gasteiger partial charge in [-0.1, -0.05) is 6.07 Å². The van der Waals surface area contributed by atoms with Gasteiger partial charge in [0.25, 0.3) is 0 Å². The molecule has 0 saturated carbocycles. The first-order chi connectivity index (χ1) is 7.48. The van der Waals surface area contributed by atoms with Crippen molar-refractivity contribution >= 4 is 33.2 Å². The van der Waals surface area contributed by atoms with Crippen LogP contribution in [0.15, 0.2) is 22.7 Å². The first kappa shape index (κ1) is 11.5. The Bertz CT molecular complexity index is 443. The maximum absolute atomic E-state index is 12.0. The molecule has 0 radical (unpaired) electrons. The van der Waals surface area contributed by atoms with E-state index in [1.807, 2.05) is 32.0 Å². The van der Waals surface area contributed by atoms with E-state index in [0.717, 1.165) is 22.4 Å². The Morgan fingerprint density at radius 3 is 2.75 bits per heavy atom. The minimum Gasteiger partial charge on any atom is -0.356 e. The largest absolute Gasteiger partial charge is 0.356 e. The van der Waals surface area contributed by atoms with Gasteiger partial charge in [-0.3, -0.25) is 4.79 Å². The van der Waals surface area contributed by atoms with Crippen LogP contribution in [0.2, 0.25) is 0 Å². The number of nitrogens with zero attached hydrogens (tertiary/aromatic N) is 1. The Morgan fingerprint density at radius 2 is 2.12 bits per heavy atom. The Kier molecular flexibility index (Phi) is 2.70. The minimum atomic E-state index is -0.497. The number of benzene rings is 1. The predicted octanol–water partition coefficient (Wildman–Crippen LogP) is 3.01. The summed E-state index contributed by atoms with van der Waals surface area (Å²) in [6, 6.07) is 5.95. The van der Waals surface area contributed by atoms with E-state index in [0.29, 0.717) is 0 Å². The summed E-state index contributed by atoms with van der Waals surface area (Å²) in [5.41, 5.74) is 1.44. The summed E-state index contributed by atoms with van der Waals surface area (Å²) in [6.45, 7) is 6.75. The number of para-hydroxylation sites is 1. The van der Waals surface area contributed by atoms with Crippen LogP contribution >= 0.6 is 15.9 Å². The van der Waals surface area contributed by atoms with Crippen molar-refractivity contribution in [3.05, 3.63) is 22.7 Å². The number of hydrogen-bond donors (Lipinski definition) is 1. The van der Waals surface area contributed by atoms with Crippen LogP contribution in [0.25, 0.3) is 0 Å². The fourth-order valence-electron chi connectivity index (χ4n) is 2.12. The maximum Gasteiger partial charge on any atom is 0.249 e. The third-order valence-corrected chi connectivity index (χ3v) is 3.73. The second-order valence-corrected chi connectivity index (χ2v) is 5.25. The lowest BCUT2D eigenvalue weighted by Crippen LogP contribution is -2.56. The molecule has 0 saturated heterocycles. The van der Waals surface area contributed by atoms with E-state index in [1.54, 1.807) is 0 Å². The van der Waals surface area contributed by atoms with Crippen LogP contribution < -0.4 is 10.2 Å². The molecule has 0 bridgehead atoms. The molecule has 1 N–H and O–H groups in total. The van der Waals surface area contributed by atoms with Gasteiger partial charge in [0.05, 0.1) is 11.4 Å². The van der Waals surface area contributed by atoms with Gasteiger partial charge in [0.2, 0.25) is 5.91 Å². The molecule has 1 aliphatic heterocycles. The SMILES string of the molecule is CCN1c2cccc(Br)c2NC(=O)C1(C)C. The van der Waals surface area contributed by atoms with Gasteiger partial charge in [-0.15, -0.1) is 0 Å². The highest BCUT2D eigenvalue weighted by atomic mass is 79.9. The highest BCUT2D eigenvalue weighted by molar-refractivity contribution is 9.10. The van der Waals surface area contributed by atoms with E-state index >= 15 is 0 Å². The molecule has 0 aliphatic carbocycles. The second-order valence-electron chi connectivity index (χ2n) is 4.39. The Hall–Kier alpha value is -1.03. The van der Waals surface area contributed by atoms with Crippen molar-refractivity contribution in [3.63, 3.8) is 0 Å². The highest BCUT2D eigenvalue weighted by Gasteiger charge is 2.39. The molecule has 2 rings (SSSR count). The number of nitrogens with one attached hydrogen (secondary N) is 1. The van der Waals surface area contributed by atoms with Gasteiger partial charge in [0.15, 0.2) is 0 Å². The summed E-state index contributed by atoms with van der Waals surface area (Å²) >= 11 is 3.46. The molecular weight excluding hydrogens is 268 g/mol. The third-order valence-electron chi connectivity index (χ3n) is 3.07. The predicted molar refractivity (Wildman–Crippen MR) is 69.9 cm³/mol.